The van der Waals surface area contributed by atoms with Crippen LogP contribution in [0.3, 0.4) is 0 Å². The van der Waals surface area contributed by atoms with Crippen molar-refractivity contribution in [2.75, 3.05) is 5.32 Å². The number of fused-ring (bicyclic) bond motifs is 1. The molecule has 0 fully saturated rings. The fourth-order valence-electron chi connectivity index (χ4n) is 1.90. The fraction of sp³-hybridized carbons (Fsp3) is 0. The van der Waals surface area contributed by atoms with Gasteiger partial charge in [-0.2, -0.15) is 0 Å². The van der Waals surface area contributed by atoms with Gasteiger partial charge in [0.2, 0.25) is 11.0 Å². The minimum absolute atomic E-state index is 0.0447. The molecule has 0 unspecified atom stereocenters. The maximum Gasteiger partial charge on any atom is 0.348 e. The van der Waals surface area contributed by atoms with E-state index in [9.17, 15) is 10.1 Å². The number of nitrogens with one attached hydrogen (secondary N) is 1. The van der Waals surface area contributed by atoms with Gasteiger partial charge in [-0.1, -0.05) is 17.7 Å². The van der Waals surface area contributed by atoms with E-state index in [-0.39, 0.29) is 16.7 Å². The molecule has 0 aliphatic carbocycles. The number of halogens is 1. The van der Waals surface area contributed by atoms with Crippen LogP contribution in [-0.4, -0.2) is 19.9 Å². The number of nitro groups is 1. The lowest BCUT2D eigenvalue weighted by Gasteiger charge is -2.07. The van der Waals surface area contributed by atoms with Gasteiger partial charge < -0.3 is 5.32 Å². The first kappa shape index (κ1) is 13.2. The molecule has 0 aliphatic rings. The molecule has 0 bridgehead atoms. The summed E-state index contributed by atoms with van der Waals surface area (Å²) in [6.07, 6.45) is 2.87. The van der Waals surface area contributed by atoms with Gasteiger partial charge in [0, 0.05) is 17.3 Å². The van der Waals surface area contributed by atoms with Crippen LogP contribution >= 0.6 is 11.6 Å². The first-order chi connectivity index (χ1) is 10.1. The Kier molecular flexibility index (Phi) is 3.33. The quantitative estimate of drug-likeness (QED) is 0.453. The Bertz CT molecular complexity index is 840. The van der Waals surface area contributed by atoms with Gasteiger partial charge in [-0.05, 0) is 24.3 Å². The monoisotopic (exact) mass is 301 g/mol. The molecule has 1 aromatic carbocycles. The van der Waals surface area contributed by atoms with E-state index < -0.39 is 4.92 Å². The van der Waals surface area contributed by atoms with Crippen molar-refractivity contribution in [2.45, 2.75) is 0 Å². The molecule has 0 amide bonds. The molecule has 8 heteroatoms. The molecule has 0 radical (unpaired) electrons. The van der Waals surface area contributed by atoms with Crippen molar-refractivity contribution in [3.8, 4) is 0 Å². The third kappa shape index (κ3) is 2.59. The maximum atomic E-state index is 11.0. The Hall–Kier alpha value is -2.80. The van der Waals surface area contributed by atoms with Crippen molar-refractivity contribution < 1.29 is 4.92 Å². The number of rotatable bonds is 3. The van der Waals surface area contributed by atoms with Crippen LogP contribution in [0, 0.1) is 10.1 Å². The second kappa shape index (κ2) is 5.29. The van der Waals surface area contributed by atoms with E-state index in [1.54, 1.807) is 12.3 Å². The number of nitrogens with zero attached hydrogens (tertiary/aromatic N) is 4. The second-order valence-corrected chi connectivity index (χ2v) is 4.51. The maximum absolute atomic E-state index is 11.0. The molecule has 21 heavy (non-hydrogen) atoms. The molecule has 0 saturated heterocycles. The summed E-state index contributed by atoms with van der Waals surface area (Å²) in [5, 5.41) is 14.6. The second-order valence-electron chi connectivity index (χ2n) is 4.15. The topological polar surface area (TPSA) is 93.8 Å². The van der Waals surface area contributed by atoms with Crippen molar-refractivity contribution in [3.05, 3.63) is 58.1 Å². The van der Waals surface area contributed by atoms with Crippen molar-refractivity contribution in [1.29, 1.82) is 0 Å². The van der Waals surface area contributed by atoms with Crippen LogP contribution in [-0.2, 0) is 0 Å². The average Bonchev–Trinajstić information content (AvgIpc) is 2.47. The van der Waals surface area contributed by atoms with E-state index in [0.29, 0.717) is 5.69 Å². The zero-order valence-corrected chi connectivity index (χ0v) is 11.3. The Morgan fingerprint density at radius 3 is 2.86 bits per heavy atom. The van der Waals surface area contributed by atoms with E-state index >= 15 is 0 Å². The molecule has 0 aliphatic heterocycles. The van der Waals surface area contributed by atoms with Crippen molar-refractivity contribution in [3.63, 3.8) is 0 Å². The normalized spacial score (nSPS) is 10.5. The standard InChI is InChI=1S/C13H8ClN5O2/c14-12-11(19(20)21)13(17-7-16-12)18-9-3-4-10-8(6-9)2-1-5-15-10/h1-7H,(H,16,17,18). The number of hydrogen-bond acceptors (Lipinski definition) is 6. The zero-order chi connectivity index (χ0) is 14.8. The van der Waals surface area contributed by atoms with Gasteiger partial charge in [-0.25, -0.2) is 9.97 Å². The lowest BCUT2D eigenvalue weighted by Crippen LogP contribution is -2.01. The lowest BCUT2D eigenvalue weighted by atomic mass is 10.2. The highest BCUT2D eigenvalue weighted by atomic mass is 35.5. The molecule has 0 spiro atoms. The number of pyridine rings is 1. The van der Waals surface area contributed by atoms with Crippen molar-refractivity contribution >= 4 is 39.7 Å². The molecule has 7 nitrogen and oxygen atoms in total. The molecular weight excluding hydrogens is 294 g/mol. The molecule has 3 rings (SSSR count). The summed E-state index contributed by atoms with van der Waals surface area (Å²) in [7, 11) is 0. The average molecular weight is 302 g/mol. The van der Waals surface area contributed by atoms with E-state index in [0.717, 1.165) is 10.9 Å². The van der Waals surface area contributed by atoms with Crippen LogP contribution in [0.15, 0.2) is 42.9 Å². The molecule has 2 heterocycles. The Balaban J connectivity index is 2.02. The summed E-state index contributed by atoms with van der Waals surface area (Å²) < 4.78 is 0. The van der Waals surface area contributed by atoms with E-state index in [1.165, 1.54) is 6.33 Å². The highest BCUT2D eigenvalue weighted by molar-refractivity contribution is 6.31. The van der Waals surface area contributed by atoms with Gasteiger partial charge in [0.05, 0.1) is 10.4 Å². The first-order valence-corrected chi connectivity index (χ1v) is 6.29. The van der Waals surface area contributed by atoms with Gasteiger partial charge in [0.15, 0.2) is 0 Å². The van der Waals surface area contributed by atoms with Gasteiger partial charge in [-0.3, -0.25) is 15.1 Å². The van der Waals surface area contributed by atoms with Gasteiger partial charge in [0.1, 0.15) is 6.33 Å². The third-order valence-corrected chi connectivity index (χ3v) is 3.10. The molecule has 1 N–H and O–H groups in total. The Labute approximate surface area is 123 Å². The van der Waals surface area contributed by atoms with E-state index in [4.69, 9.17) is 11.6 Å². The molecule has 0 saturated carbocycles. The third-order valence-electron chi connectivity index (χ3n) is 2.83. The molecule has 0 atom stereocenters. The fourth-order valence-corrected chi connectivity index (χ4v) is 2.10. The lowest BCUT2D eigenvalue weighted by molar-refractivity contribution is -0.384. The number of benzene rings is 1. The van der Waals surface area contributed by atoms with Crippen LogP contribution in [0.5, 0.6) is 0 Å². The number of hydrogen-bond donors (Lipinski definition) is 1. The van der Waals surface area contributed by atoms with Crippen molar-refractivity contribution in [2.24, 2.45) is 0 Å². The summed E-state index contributed by atoms with van der Waals surface area (Å²) in [5.74, 6) is 0.0447. The van der Waals surface area contributed by atoms with Crippen LogP contribution in [0.1, 0.15) is 0 Å². The summed E-state index contributed by atoms with van der Waals surface area (Å²) in [4.78, 5) is 22.1. The number of anilines is 2. The van der Waals surface area contributed by atoms with Crippen LogP contribution in [0.25, 0.3) is 10.9 Å². The van der Waals surface area contributed by atoms with Crippen LogP contribution in [0.2, 0.25) is 5.15 Å². The largest absolute Gasteiger partial charge is 0.348 e. The van der Waals surface area contributed by atoms with E-state index in [1.807, 2.05) is 24.3 Å². The van der Waals surface area contributed by atoms with Gasteiger partial charge >= 0.3 is 5.69 Å². The summed E-state index contributed by atoms with van der Waals surface area (Å²) in [6.45, 7) is 0. The Morgan fingerprint density at radius 1 is 1.19 bits per heavy atom. The predicted octanol–water partition coefficient (Wildman–Crippen LogP) is 3.33. The zero-order valence-electron chi connectivity index (χ0n) is 10.5. The molecule has 2 aromatic heterocycles. The summed E-state index contributed by atoms with van der Waals surface area (Å²) in [6, 6.07) is 9.11. The van der Waals surface area contributed by atoms with Crippen LogP contribution < -0.4 is 5.32 Å². The Morgan fingerprint density at radius 2 is 2.05 bits per heavy atom. The predicted molar refractivity (Wildman–Crippen MR) is 78.7 cm³/mol. The van der Waals surface area contributed by atoms with E-state index in [2.05, 4.69) is 20.3 Å². The SMILES string of the molecule is O=[N+]([O-])c1c(Cl)ncnc1Nc1ccc2ncccc2c1. The summed E-state index contributed by atoms with van der Waals surface area (Å²) in [5.41, 5.74) is 1.12. The molecular formula is C13H8ClN5O2. The highest BCUT2D eigenvalue weighted by Gasteiger charge is 2.21. The summed E-state index contributed by atoms with van der Waals surface area (Å²) >= 11 is 5.74. The smallest absolute Gasteiger partial charge is 0.334 e. The van der Waals surface area contributed by atoms with Crippen LogP contribution in [0.4, 0.5) is 17.2 Å². The minimum atomic E-state index is -0.618. The molecule has 104 valence electrons. The van der Waals surface area contributed by atoms with Crippen molar-refractivity contribution in [1.82, 2.24) is 15.0 Å². The first-order valence-electron chi connectivity index (χ1n) is 5.92. The minimum Gasteiger partial charge on any atom is -0.334 e. The number of aromatic nitrogens is 3. The molecule has 3 aromatic rings. The van der Waals surface area contributed by atoms with Gasteiger partial charge in [-0.15, -0.1) is 0 Å². The highest BCUT2D eigenvalue weighted by Crippen LogP contribution is 2.31. The van der Waals surface area contributed by atoms with Gasteiger partial charge in [0.25, 0.3) is 0 Å².